The quantitative estimate of drug-likeness (QED) is 0.719. The first-order valence-electron chi connectivity index (χ1n) is 9.53. The molecule has 28 heavy (non-hydrogen) atoms. The lowest BCUT2D eigenvalue weighted by molar-refractivity contribution is -0.130. The highest BCUT2D eigenvalue weighted by Crippen LogP contribution is 2.21. The zero-order chi connectivity index (χ0) is 20.1. The van der Waals surface area contributed by atoms with E-state index in [1.165, 1.54) is 4.31 Å². The molecule has 0 bridgehead atoms. The fourth-order valence-corrected chi connectivity index (χ4v) is 5.66. The monoisotopic (exact) mass is 421 g/mol. The summed E-state index contributed by atoms with van der Waals surface area (Å²) < 4.78 is 27.1. The van der Waals surface area contributed by atoms with Gasteiger partial charge in [-0.1, -0.05) is 30.3 Å². The van der Waals surface area contributed by atoms with Gasteiger partial charge in [0.2, 0.25) is 15.9 Å². The first-order chi connectivity index (χ1) is 13.3. The number of aryl methyl sites for hydroxylation is 1. The summed E-state index contributed by atoms with van der Waals surface area (Å²) in [7, 11) is -1.73. The highest BCUT2D eigenvalue weighted by Gasteiger charge is 2.29. The van der Waals surface area contributed by atoms with Gasteiger partial charge >= 0.3 is 0 Å². The number of sulfonamides is 1. The van der Waals surface area contributed by atoms with Crippen LogP contribution in [-0.4, -0.2) is 54.7 Å². The number of thiazole rings is 1. The van der Waals surface area contributed by atoms with Crippen molar-refractivity contribution in [3.8, 4) is 0 Å². The number of hydrogen-bond donors (Lipinski definition) is 0. The van der Waals surface area contributed by atoms with Crippen LogP contribution in [0, 0.1) is 6.92 Å². The molecule has 0 aliphatic carbocycles. The molecule has 1 fully saturated rings. The number of carbonyl (C=O) groups is 1. The fraction of sp³-hybridized carbons (Fsp3) is 0.500. The summed E-state index contributed by atoms with van der Waals surface area (Å²) in [5, 5.41) is 2.89. The van der Waals surface area contributed by atoms with Crippen LogP contribution in [0.2, 0.25) is 0 Å². The minimum absolute atomic E-state index is 0.00661. The average Bonchev–Trinajstić information content (AvgIpc) is 2.92. The van der Waals surface area contributed by atoms with E-state index in [1.54, 1.807) is 18.4 Å². The summed E-state index contributed by atoms with van der Waals surface area (Å²) in [5.74, 6) is 0.0767. The summed E-state index contributed by atoms with van der Waals surface area (Å²) in [6.45, 7) is 3.18. The van der Waals surface area contributed by atoms with E-state index < -0.39 is 10.0 Å². The third-order valence-electron chi connectivity index (χ3n) is 5.19. The average molecular weight is 422 g/mol. The van der Waals surface area contributed by atoms with Gasteiger partial charge in [-0.3, -0.25) is 4.79 Å². The summed E-state index contributed by atoms with van der Waals surface area (Å²) in [6.07, 6.45) is 2.55. The van der Waals surface area contributed by atoms with Gasteiger partial charge in [0.25, 0.3) is 0 Å². The maximum Gasteiger partial charge on any atom is 0.228 e. The van der Waals surface area contributed by atoms with Gasteiger partial charge in [-0.25, -0.2) is 17.7 Å². The highest BCUT2D eigenvalue weighted by molar-refractivity contribution is 7.88. The van der Waals surface area contributed by atoms with Crippen molar-refractivity contribution in [3.05, 3.63) is 52.0 Å². The van der Waals surface area contributed by atoms with Crippen molar-refractivity contribution in [2.24, 2.45) is 0 Å². The van der Waals surface area contributed by atoms with E-state index >= 15 is 0 Å². The highest BCUT2D eigenvalue weighted by atomic mass is 32.2. The maximum atomic E-state index is 12.8. The Morgan fingerprint density at radius 3 is 2.68 bits per heavy atom. The van der Waals surface area contributed by atoms with Crippen LogP contribution in [-0.2, 0) is 27.0 Å². The predicted octanol–water partition coefficient (Wildman–Crippen LogP) is 2.84. The second kappa shape index (κ2) is 9.15. The minimum Gasteiger partial charge on any atom is -0.342 e. The van der Waals surface area contributed by atoms with E-state index in [0.717, 1.165) is 29.1 Å². The van der Waals surface area contributed by atoms with Gasteiger partial charge < -0.3 is 4.90 Å². The first kappa shape index (κ1) is 21.0. The van der Waals surface area contributed by atoms with Crippen LogP contribution < -0.4 is 0 Å². The van der Waals surface area contributed by atoms with Crippen LogP contribution in [0.4, 0.5) is 0 Å². The normalized spacial score (nSPS) is 18.2. The van der Waals surface area contributed by atoms with E-state index in [2.05, 4.69) is 4.98 Å². The van der Waals surface area contributed by atoms with Crippen LogP contribution in [0.5, 0.6) is 0 Å². The number of amides is 1. The van der Waals surface area contributed by atoms with E-state index in [1.807, 2.05) is 47.5 Å². The van der Waals surface area contributed by atoms with Crippen LogP contribution in [0.25, 0.3) is 0 Å². The number of nitrogens with zero attached hydrogens (tertiary/aromatic N) is 3. The molecule has 1 atom stereocenters. The first-order valence-corrected chi connectivity index (χ1v) is 12.0. The van der Waals surface area contributed by atoms with Gasteiger partial charge in [-0.2, -0.15) is 0 Å². The molecule has 1 saturated heterocycles. The van der Waals surface area contributed by atoms with Gasteiger partial charge in [0.05, 0.1) is 22.9 Å². The van der Waals surface area contributed by atoms with Crippen molar-refractivity contribution >= 4 is 27.3 Å². The zero-order valence-corrected chi connectivity index (χ0v) is 18.0. The van der Waals surface area contributed by atoms with Crippen molar-refractivity contribution in [1.29, 1.82) is 0 Å². The summed E-state index contributed by atoms with van der Waals surface area (Å²) in [5.41, 5.74) is 1.61. The Kier molecular flexibility index (Phi) is 6.85. The van der Waals surface area contributed by atoms with Crippen molar-refractivity contribution in [1.82, 2.24) is 14.2 Å². The van der Waals surface area contributed by atoms with E-state index in [9.17, 15) is 13.2 Å². The molecule has 3 rings (SSSR count). The topological polar surface area (TPSA) is 70.6 Å². The number of aromatic nitrogens is 1. The molecule has 1 aromatic heterocycles. The molecule has 152 valence electrons. The second-order valence-corrected chi connectivity index (χ2v) is 10.3. The van der Waals surface area contributed by atoms with E-state index in [0.29, 0.717) is 25.9 Å². The lowest BCUT2D eigenvalue weighted by Gasteiger charge is -2.26. The second-order valence-electron chi connectivity index (χ2n) is 7.26. The summed E-state index contributed by atoms with van der Waals surface area (Å²) in [6, 6.07) is 9.17. The molecule has 8 heteroatoms. The Labute approximate surface area is 171 Å². The minimum atomic E-state index is -3.39. The van der Waals surface area contributed by atoms with Gasteiger partial charge in [-0.05, 0) is 31.7 Å². The van der Waals surface area contributed by atoms with Crippen LogP contribution in [0.1, 0.15) is 35.5 Å². The number of rotatable bonds is 6. The fourth-order valence-electron chi connectivity index (χ4n) is 3.56. The number of hydrogen-bond acceptors (Lipinski definition) is 5. The van der Waals surface area contributed by atoms with Gasteiger partial charge in [0.1, 0.15) is 0 Å². The smallest absolute Gasteiger partial charge is 0.228 e. The molecule has 0 radical (unpaired) electrons. The van der Waals surface area contributed by atoms with E-state index in [-0.39, 0.29) is 17.7 Å². The van der Waals surface area contributed by atoms with Crippen LogP contribution in [0.15, 0.2) is 35.7 Å². The standard InChI is InChI=1S/C20H27N3O3S2/c1-16-21-18(14-27-16)13-20(24)23-11-6-9-19(10-12-23)22(2)28(25,26)15-17-7-4-3-5-8-17/h3-5,7-8,14,19H,6,9-13,15H2,1-2H3/t19-/m1/s1. The van der Waals surface area contributed by atoms with Crippen molar-refractivity contribution < 1.29 is 13.2 Å². The molecule has 1 aromatic carbocycles. The Balaban J connectivity index is 1.58. The lowest BCUT2D eigenvalue weighted by Crippen LogP contribution is -2.39. The Bertz CT molecular complexity index is 896. The predicted molar refractivity (Wildman–Crippen MR) is 112 cm³/mol. The zero-order valence-electron chi connectivity index (χ0n) is 16.4. The maximum absolute atomic E-state index is 12.8. The third kappa shape index (κ3) is 5.40. The molecule has 0 spiro atoms. The molecule has 6 nitrogen and oxygen atoms in total. The summed E-state index contributed by atoms with van der Waals surface area (Å²) >= 11 is 1.55. The van der Waals surface area contributed by atoms with Gasteiger partial charge in [0.15, 0.2) is 0 Å². The Morgan fingerprint density at radius 1 is 1.25 bits per heavy atom. The molecule has 1 aliphatic heterocycles. The molecule has 0 N–H and O–H groups in total. The molecular weight excluding hydrogens is 394 g/mol. The van der Waals surface area contributed by atoms with Crippen LogP contribution >= 0.6 is 11.3 Å². The molecule has 0 unspecified atom stereocenters. The van der Waals surface area contributed by atoms with Crippen LogP contribution in [0.3, 0.4) is 0 Å². The van der Waals surface area contributed by atoms with Gasteiger partial charge in [-0.15, -0.1) is 11.3 Å². The molecular formula is C20H27N3O3S2. The molecule has 0 saturated carbocycles. The largest absolute Gasteiger partial charge is 0.342 e. The Morgan fingerprint density at radius 2 is 2.00 bits per heavy atom. The third-order valence-corrected chi connectivity index (χ3v) is 7.89. The number of carbonyl (C=O) groups excluding carboxylic acids is 1. The molecule has 1 amide bonds. The lowest BCUT2D eigenvalue weighted by atomic mass is 10.1. The molecule has 2 aromatic rings. The Hall–Kier alpha value is -1.77. The van der Waals surface area contributed by atoms with Crippen molar-refractivity contribution in [2.45, 2.75) is 44.4 Å². The molecule has 2 heterocycles. The number of likely N-dealkylation sites (tertiary alicyclic amines) is 1. The van der Waals surface area contributed by atoms with Gasteiger partial charge in [0, 0.05) is 31.6 Å². The molecule has 1 aliphatic rings. The van der Waals surface area contributed by atoms with Crippen molar-refractivity contribution in [2.75, 3.05) is 20.1 Å². The van der Waals surface area contributed by atoms with Crippen molar-refractivity contribution in [3.63, 3.8) is 0 Å². The number of benzene rings is 1. The SMILES string of the molecule is Cc1nc(CC(=O)N2CCC[C@@H](N(C)S(=O)(=O)Cc3ccccc3)CC2)cs1. The summed E-state index contributed by atoms with van der Waals surface area (Å²) in [4.78, 5) is 18.8. The van der Waals surface area contributed by atoms with E-state index in [4.69, 9.17) is 0 Å².